The van der Waals surface area contributed by atoms with E-state index in [0.29, 0.717) is 28.6 Å². The zero-order valence-electron chi connectivity index (χ0n) is 21.7. The number of aliphatic hydroxyl groups is 1. The Bertz CT molecular complexity index is 1640. The first kappa shape index (κ1) is 27.7. The summed E-state index contributed by atoms with van der Waals surface area (Å²) in [5.74, 6) is -0.444. The van der Waals surface area contributed by atoms with Gasteiger partial charge in [-0.2, -0.15) is 5.26 Å². The van der Waals surface area contributed by atoms with Crippen LogP contribution in [0.25, 0.3) is 17.1 Å². The van der Waals surface area contributed by atoms with Crippen molar-refractivity contribution < 1.29 is 27.4 Å². The first-order valence-electron chi connectivity index (χ1n) is 11.8. The van der Waals surface area contributed by atoms with E-state index in [1.54, 1.807) is 36.7 Å². The lowest BCUT2D eigenvalue weighted by Crippen LogP contribution is -2.28. The molecule has 202 valence electrons. The second-order valence-corrected chi connectivity index (χ2v) is 11.2. The van der Waals surface area contributed by atoms with Crippen molar-refractivity contribution in [2.75, 3.05) is 14.2 Å². The molecule has 0 saturated carbocycles. The number of pyridine rings is 1. The first-order valence-corrected chi connectivity index (χ1v) is 13.5. The first-order chi connectivity index (χ1) is 18.6. The molecule has 2 atom stereocenters. The van der Waals surface area contributed by atoms with Crippen LogP contribution >= 0.6 is 0 Å². The van der Waals surface area contributed by atoms with Crippen LogP contribution in [0.5, 0.6) is 11.5 Å². The summed E-state index contributed by atoms with van der Waals surface area (Å²) in [5.41, 5.74) is 1.62. The van der Waals surface area contributed by atoms with Gasteiger partial charge in [-0.25, -0.2) is 12.8 Å². The van der Waals surface area contributed by atoms with Crippen LogP contribution in [0.3, 0.4) is 0 Å². The molecule has 0 aliphatic carbocycles. The highest BCUT2D eigenvalue weighted by molar-refractivity contribution is 7.91. The fraction of sp³-hybridized carbons (Fsp3) is 0.259. The Balaban J connectivity index is 1.83. The summed E-state index contributed by atoms with van der Waals surface area (Å²) in [6.45, 7) is 3.14. The monoisotopic (exact) mass is 551 g/mol. The van der Waals surface area contributed by atoms with E-state index in [4.69, 9.17) is 14.7 Å². The number of hydrogen-bond acceptors (Lipinski definition) is 9. The van der Waals surface area contributed by atoms with E-state index in [0.717, 1.165) is 11.6 Å². The molecule has 0 aliphatic heterocycles. The van der Waals surface area contributed by atoms with Crippen LogP contribution in [0.15, 0.2) is 54.9 Å². The lowest BCUT2D eigenvalue weighted by molar-refractivity contribution is 0.171. The summed E-state index contributed by atoms with van der Waals surface area (Å²) in [7, 11) is -1.20. The molecule has 0 bridgehead atoms. The van der Waals surface area contributed by atoms with Crippen molar-refractivity contribution in [2.45, 2.75) is 31.0 Å². The van der Waals surface area contributed by atoms with Crippen LogP contribution in [0, 0.1) is 24.1 Å². The van der Waals surface area contributed by atoms with E-state index in [1.165, 1.54) is 37.8 Å². The van der Waals surface area contributed by atoms with Gasteiger partial charge in [0.2, 0.25) is 0 Å². The normalized spacial score (nSPS) is 12.9. The van der Waals surface area contributed by atoms with E-state index in [9.17, 15) is 17.9 Å². The van der Waals surface area contributed by atoms with Crippen molar-refractivity contribution in [3.63, 3.8) is 0 Å². The Hall–Kier alpha value is -4.34. The SMILES string of the molecule is COc1cccc(OC)c1-n1c(CS(=O)(=O)[C@H](C)[C@H](O)c2ccc(C#N)cc2F)nnc1-c1cncc(C)c1. The number of aromatic nitrogens is 4. The molecule has 2 aromatic heterocycles. The number of aryl methyl sites for hydroxylation is 1. The number of sulfone groups is 1. The Morgan fingerprint density at radius 2 is 1.79 bits per heavy atom. The van der Waals surface area contributed by atoms with Crippen molar-refractivity contribution in [3.05, 3.63) is 83.2 Å². The Morgan fingerprint density at radius 1 is 1.10 bits per heavy atom. The number of halogens is 1. The third-order valence-corrected chi connectivity index (χ3v) is 8.33. The number of aliphatic hydroxyl groups excluding tert-OH is 1. The minimum atomic E-state index is -4.14. The third-order valence-electron chi connectivity index (χ3n) is 6.28. The number of nitrogens with zero attached hydrogens (tertiary/aromatic N) is 5. The zero-order chi connectivity index (χ0) is 28.3. The molecular formula is C27H26FN5O5S. The van der Waals surface area contributed by atoms with E-state index >= 15 is 0 Å². The summed E-state index contributed by atoms with van der Waals surface area (Å²) in [6.07, 6.45) is 1.55. The van der Waals surface area contributed by atoms with E-state index in [-0.39, 0.29) is 17.0 Å². The molecule has 10 nitrogen and oxygen atoms in total. The number of ether oxygens (including phenoxy) is 2. The minimum absolute atomic E-state index is 0.0219. The molecule has 2 heterocycles. The standard InChI is InChI=1S/C27H26FN5O5S/c1-16-10-19(14-30-13-16)27-32-31-24(33(27)25-22(37-3)6-5-7-23(25)38-4)15-39(35,36)17(2)26(34)20-9-8-18(12-29)11-21(20)28/h5-11,13-14,17,26,34H,15H2,1-4H3/t17-,26+/m1/s1. The average Bonchev–Trinajstić information content (AvgIpc) is 3.33. The van der Waals surface area contributed by atoms with Gasteiger partial charge in [0.25, 0.3) is 0 Å². The number of nitriles is 1. The van der Waals surface area contributed by atoms with Gasteiger partial charge in [-0.05, 0) is 49.7 Å². The molecule has 4 aromatic rings. The molecule has 0 radical (unpaired) electrons. The van der Waals surface area contributed by atoms with Crippen molar-refractivity contribution in [2.24, 2.45) is 0 Å². The fourth-order valence-corrected chi connectivity index (χ4v) is 5.51. The Morgan fingerprint density at radius 3 is 2.38 bits per heavy atom. The number of para-hydroxylation sites is 1. The van der Waals surface area contributed by atoms with E-state index in [1.807, 2.05) is 13.0 Å². The summed E-state index contributed by atoms with van der Waals surface area (Å²) in [5, 5.41) is 26.8. The van der Waals surface area contributed by atoms with E-state index < -0.39 is 32.8 Å². The molecule has 12 heteroatoms. The summed E-state index contributed by atoms with van der Waals surface area (Å²) >= 11 is 0. The Labute approximate surface area is 225 Å². The van der Waals surface area contributed by atoms with Crippen molar-refractivity contribution in [1.29, 1.82) is 5.26 Å². The molecule has 39 heavy (non-hydrogen) atoms. The molecule has 0 fully saturated rings. The zero-order valence-corrected chi connectivity index (χ0v) is 22.5. The van der Waals surface area contributed by atoms with Gasteiger partial charge >= 0.3 is 0 Å². The molecule has 0 spiro atoms. The lowest BCUT2D eigenvalue weighted by atomic mass is 10.0. The van der Waals surface area contributed by atoms with Crippen molar-refractivity contribution in [1.82, 2.24) is 19.7 Å². The molecule has 2 aromatic carbocycles. The van der Waals surface area contributed by atoms with Gasteiger partial charge in [-0.15, -0.1) is 10.2 Å². The maximum atomic E-state index is 14.6. The smallest absolute Gasteiger partial charge is 0.170 e. The van der Waals surface area contributed by atoms with Crippen LogP contribution in [0.4, 0.5) is 4.39 Å². The van der Waals surface area contributed by atoms with Gasteiger partial charge in [0, 0.05) is 23.5 Å². The average molecular weight is 552 g/mol. The fourth-order valence-electron chi connectivity index (χ4n) is 4.16. The third kappa shape index (κ3) is 5.45. The van der Waals surface area contributed by atoms with Gasteiger partial charge in [0.1, 0.15) is 28.8 Å². The number of methoxy groups -OCH3 is 2. The topological polar surface area (TPSA) is 140 Å². The highest BCUT2D eigenvalue weighted by atomic mass is 32.2. The molecule has 0 saturated heterocycles. The van der Waals surface area contributed by atoms with Gasteiger partial charge in [0.05, 0.1) is 37.2 Å². The van der Waals surface area contributed by atoms with Gasteiger partial charge in [-0.1, -0.05) is 12.1 Å². The maximum absolute atomic E-state index is 14.6. The van der Waals surface area contributed by atoms with Gasteiger partial charge < -0.3 is 14.6 Å². The quantitative estimate of drug-likeness (QED) is 0.330. The van der Waals surface area contributed by atoms with Crippen LogP contribution in [0.2, 0.25) is 0 Å². The number of benzene rings is 2. The second-order valence-electron chi connectivity index (χ2n) is 8.84. The lowest BCUT2D eigenvalue weighted by Gasteiger charge is -2.21. The van der Waals surface area contributed by atoms with E-state index in [2.05, 4.69) is 15.2 Å². The van der Waals surface area contributed by atoms with Gasteiger partial charge in [0.15, 0.2) is 21.5 Å². The van der Waals surface area contributed by atoms with Crippen LogP contribution in [-0.2, 0) is 15.6 Å². The van der Waals surface area contributed by atoms with Crippen molar-refractivity contribution >= 4 is 9.84 Å². The molecule has 4 rings (SSSR count). The van der Waals surface area contributed by atoms with Gasteiger partial charge in [-0.3, -0.25) is 9.55 Å². The van der Waals surface area contributed by atoms with Crippen LogP contribution in [-0.4, -0.2) is 52.7 Å². The van der Waals surface area contributed by atoms with Crippen molar-refractivity contribution in [3.8, 4) is 34.6 Å². The number of rotatable bonds is 9. The second kappa shape index (κ2) is 11.2. The highest BCUT2D eigenvalue weighted by Crippen LogP contribution is 2.37. The highest BCUT2D eigenvalue weighted by Gasteiger charge is 2.34. The Kier molecular flexibility index (Phi) is 7.94. The minimum Gasteiger partial charge on any atom is -0.494 e. The van der Waals surface area contributed by atoms with Crippen LogP contribution in [0.1, 0.15) is 35.5 Å². The maximum Gasteiger partial charge on any atom is 0.170 e. The predicted molar refractivity (Wildman–Crippen MR) is 141 cm³/mol. The summed E-state index contributed by atoms with van der Waals surface area (Å²) in [6, 6.07) is 12.2. The molecule has 0 unspecified atom stereocenters. The largest absolute Gasteiger partial charge is 0.494 e. The summed E-state index contributed by atoms with van der Waals surface area (Å²) in [4.78, 5) is 4.22. The summed E-state index contributed by atoms with van der Waals surface area (Å²) < 4.78 is 54.3. The number of hydrogen-bond donors (Lipinski definition) is 1. The molecule has 0 aliphatic rings. The molecule has 1 N–H and O–H groups in total. The molecular weight excluding hydrogens is 525 g/mol. The molecule has 0 amide bonds. The van der Waals surface area contributed by atoms with Crippen LogP contribution < -0.4 is 9.47 Å². The predicted octanol–water partition coefficient (Wildman–Crippen LogP) is 3.70.